The van der Waals surface area contributed by atoms with Crippen molar-refractivity contribution in [2.45, 2.75) is 205 Å². The predicted molar refractivity (Wildman–Crippen MR) is 148 cm³/mol. The van der Waals surface area contributed by atoms with Crippen LogP contribution in [0.2, 0.25) is 0 Å². The largest absolute Gasteiger partial charge is 0.0533 e. The quantitative estimate of drug-likeness (QED) is 0.345. The average Bonchev–Trinajstić information content (AvgIpc) is 2.58. The van der Waals surface area contributed by atoms with Crippen LogP contribution in [0, 0.1) is 0 Å². The molecule has 0 radical (unpaired) electrons. The molecule has 0 amide bonds. The molecule has 0 unspecified atom stereocenters. The van der Waals surface area contributed by atoms with Crippen LogP contribution >= 0.6 is 0 Å². The molecule has 0 atom stereocenters. The summed E-state index contributed by atoms with van der Waals surface area (Å²) in [6.07, 6.45) is 48.0. The SMILES string of the molecule is C1CCC1.C1CCC1.C1CCCCCCC1.C1CCCCCCC1.C1CCCCCCC1. The van der Waals surface area contributed by atoms with Gasteiger partial charge in [0.15, 0.2) is 0 Å². The van der Waals surface area contributed by atoms with Crippen LogP contribution in [-0.2, 0) is 0 Å². The third kappa shape index (κ3) is 24.6. The maximum absolute atomic E-state index is 1.50. The molecule has 5 aliphatic rings. The van der Waals surface area contributed by atoms with E-state index in [-0.39, 0.29) is 0 Å². The Morgan fingerprint density at radius 2 is 0.0938 bits per heavy atom. The van der Waals surface area contributed by atoms with Gasteiger partial charge in [0.25, 0.3) is 0 Å². The van der Waals surface area contributed by atoms with E-state index in [0.717, 1.165) is 0 Å². The fourth-order valence-electron chi connectivity index (χ4n) is 4.74. The highest BCUT2D eigenvalue weighted by Gasteiger charge is 1.98. The molecule has 5 rings (SSSR count). The lowest BCUT2D eigenvalue weighted by atomic mass is 10.0. The zero-order valence-corrected chi connectivity index (χ0v) is 22.6. The van der Waals surface area contributed by atoms with E-state index in [9.17, 15) is 0 Å². The first-order valence-electron chi connectivity index (χ1n) is 16.0. The van der Waals surface area contributed by atoms with E-state index < -0.39 is 0 Å². The fraction of sp³-hybridized carbons (Fsp3) is 1.00. The summed E-state index contributed by atoms with van der Waals surface area (Å²) >= 11 is 0. The van der Waals surface area contributed by atoms with Crippen molar-refractivity contribution in [3.05, 3.63) is 0 Å². The number of hydrogen-bond acceptors (Lipinski definition) is 0. The van der Waals surface area contributed by atoms with Crippen LogP contribution in [0.3, 0.4) is 0 Å². The van der Waals surface area contributed by atoms with Crippen LogP contribution in [0.4, 0.5) is 0 Å². The highest BCUT2D eigenvalue weighted by Crippen LogP contribution is 2.17. The minimum Gasteiger partial charge on any atom is -0.0533 e. The molecule has 5 fully saturated rings. The topological polar surface area (TPSA) is 0 Å². The fourth-order valence-corrected chi connectivity index (χ4v) is 4.74. The van der Waals surface area contributed by atoms with Gasteiger partial charge >= 0.3 is 0 Å². The normalized spacial score (nSPS) is 24.0. The Balaban J connectivity index is 0.000000206. The Bertz CT molecular complexity index is 186. The first-order chi connectivity index (χ1) is 16.0. The van der Waals surface area contributed by atoms with E-state index in [2.05, 4.69) is 0 Å². The average molecular weight is 449 g/mol. The second kappa shape index (κ2) is 27.2. The summed E-state index contributed by atoms with van der Waals surface area (Å²) in [5.74, 6) is 0. The van der Waals surface area contributed by atoms with E-state index in [1.807, 2.05) is 0 Å². The Kier molecular flexibility index (Phi) is 25.6. The van der Waals surface area contributed by atoms with E-state index in [1.165, 1.54) is 205 Å². The van der Waals surface area contributed by atoms with Crippen LogP contribution in [-0.4, -0.2) is 0 Å². The second-order valence-corrected chi connectivity index (χ2v) is 11.3. The number of rotatable bonds is 0. The summed E-state index contributed by atoms with van der Waals surface area (Å²) in [7, 11) is 0. The summed E-state index contributed by atoms with van der Waals surface area (Å²) < 4.78 is 0. The first kappa shape index (κ1) is 30.0. The Labute approximate surface area is 205 Å². The molecule has 0 aromatic carbocycles. The molecule has 0 bridgehead atoms. The van der Waals surface area contributed by atoms with Gasteiger partial charge in [-0.25, -0.2) is 0 Å². The molecule has 0 aromatic rings. The third-order valence-corrected chi connectivity index (χ3v) is 8.00. The summed E-state index contributed by atoms with van der Waals surface area (Å²) in [6, 6.07) is 0. The van der Waals surface area contributed by atoms with Gasteiger partial charge < -0.3 is 0 Å². The van der Waals surface area contributed by atoms with Crippen molar-refractivity contribution in [1.82, 2.24) is 0 Å². The lowest BCUT2D eigenvalue weighted by molar-refractivity contribution is 0.504. The molecule has 0 spiro atoms. The van der Waals surface area contributed by atoms with Crippen LogP contribution in [0.1, 0.15) is 205 Å². The van der Waals surface area contributed by atoms with Gasteiger partial charge in [0, 0.05) is 0 Å². The van der Waals surface area contributed by atoms with Crippen molar-refractivity contribution in [3.8, 4) is 0 Å². The predicted octanol–water partition coefficient (Wildman–Crippen LogP) is 12.5. The molecule has 5 saturated carbocycles. The Morgan fingerprint density at radius 3 is 0.125 bits per heavy atom. The molecule has 5 aliphatic carbocycles. The summed E-state index contributed by atoms with van der Waals surface area (Å²) in [5, 5.41) is 0. The maximum atomic E-state index is 1.50. The molecule has 0 saturated heterocycles. The van der Waals surface area contributed by atoms with Gasteiger partial charge in [-0.2, -0.15) is 0 Å². The van der Waals surface area contributed by atoms with Gasteiger partial charge in [0.05, 0.1) is 0 Å². The van der Waals surface area contributed by atoms with Crippen LogP contribution < -0.4 is 0 Å². The molecule has 0 N–H and O–H groups in total. The van der Waals surface area contributed by atoms with Crippen molar-refractivity contribution >= 4 is 0 Å². The molecular weight excluding hydrogens is 384 g/mol. The Morgan fingerprint density at radius 1 is 0.0625 bits per heavy atom. The highest BCUT2D eigenvalue weighted by molar-refractivity contribution is 4.53. The van der Waals surface area contributed by atoms with E-state index in [4.69, 9.17) is 0 Å². The second-order valence-electron chi connectivity index (χ2n) is 11.3. The molecule has 192 valence electrons. The molecule has 0 aromatic heterocycles. The van der Waals surface area contributed by atoms with Crippen LogP contribution in [0.15, 0.2) is 0 Å². The van der Waals surface area contributed by atoms with E-state index >= 15 is 0 Å². The van der Waals surface area contributed by atoms with Crippen LogP contribution in [0.25, 0.3) is 0 Å². The van der Waals surface area contributed by atoms with Crippen LogP contribution in [0.5, 0.6) is 0 Å². The van der Waals surface area contributed by atoms with Gasteiger partial charge in [-0.1, -0.05) is 205 Å². The summed E-state index contributed by atoms with van der Waals surface area (Å²) in [6.45, 7) is 0. The smallest absolute Gasteiger partial charge is 0.0533 e. The molecule has 0 heteroatoms. The van der Waals surface area contributed by atoms with Gasteiger partial charge in [-0.05, 0) is 0 Å². The van der Waals surface area contributed by atoms with Gasteiger partial charge in [0.2, 0.25) is 0 Å². The van der Waals surface area contributed by atoms with Gasteiger partial charge in [-0.15, -0.1) is 0 Å². The van der Waals surface area contributed by atoms with Crippen molar-refractivity contribution in [3.63, 3.8) is 0 Å². The lowest BCUT2D eigenvalue weighted by Gasteiger charge is -2.05. The zero-order chi connectivity index (χ0) is 22.6. The maximum Gasteiger partial charge on any atom is -0.0533 e. The minimum absolute atomic E-state index is 1.50. The van der Waals surface area contributed by atoms with Gasteiger partial charge in [-0.3, -0.25) is 0 Å². The lowest BCUT2D eigenvalue weighted by Crippen LogP contribution is -1.85. The van der Waals surface area contributed by atoms with Gasteiger partial charge in [0.1, 0.15) is 0 Å². The molecule has 0 aliphatic heterocycles. The minimum atomic E-state index is 1.50. The van der Waals surface area contributed by atoms with Crippen molar-refractivity contribution in [2.75, 3.05) is 0 Å². The monoisotopic (exact) mass is 449 g/mol. The molecule has 0 heterocycles. The Hall–Kier alpha value is 0. The van der Waals surface area contributed by atoms with E-state index in [0.29, 0.717) is 0 Å². The standard InChI is InChI=1S/3C8H16.2C4H8/c3*1-2-4-6-8-7-5-3-1;2*1-2-4-3-1/h3*1-8H2;2*1-4H2. The molecule has 0 nitrogen and oxygen atoms in total. The summed E-state index contributed by atoms with van der Waals surface area (Å²) in [4.78, 5) is 0. The summed E-state index contributed by atoms with van der Waals surface area (Å²) in [5.41, 5.74) is 0. The molecular formula is C32H64. The van der Waals surface area contributed by atoms with E-state index in [1.54, 1.807) is 0 Å². The highest BCUT2D eigenvalue weighted by atomic mass is 14.0. The third-order valence-electron chi connectivity index (χ3n) is 8.00. The zero-order valence-electron chi connectivity index (χ0n) is 22.6. The molecule has 32 heavy (non-hydrogen) atoms. The number of hydrogen-bond donors (Lipinski definition) is 0. The first-order valence-corrected chi connectivity index (χ1v) is 16.0. The van der Waals surface area contributed by atoms with Crippen molar-refractivity contribution < 1.29 is 0 Å². The van der Waals surface area contributed by atoms with Crippen molar-refractivity contribution in [2.24, 2.45) is 0 Å². The van der Waals surface area contributed by atoms with Crippen molar-refractivity contribution in [1.29, 1.82) is 0 Å².